The standard InChI is InChI=1S/C29H39FN4O4/c1-18-26(33-25-9-8-20(11-24(25)30)10-19-6-5-7-19)31-17-32-27(18)38-23-12-21-14-36-15-22(13-23)34(21)28(35)37-16-29(2,3)4/h8-9,11,17,19,21-23H,5-7,10,12-16H2,1-4H3,(H,31,32,33). The SMILES string of the molecule is Cc1c(Nc2ccc(CC3CCC3)cc2F)ncnc1OC1CC2COCC(C1)N2C(=O)OCC(C)(C)C. The Hall–Kier alpha value is -2.94. The van der Waals surface area contributed by atoms with E-state index in [0.29, 0.717) is 61.5 Å². The summed E-state index contributed by atoms with van der Waals surface area (Å²) in [6.45, 7) is 9.25. The summed E-state index contributed by atoms with van der Waals surface area (Å²) < 4.78 is 32.6. The summed E-state index contributed by atoms with van der Waals surface area (Å²) in [5, 5.41) is 3.12. The van der Waals surface area contributed by atoms with Gasteiger partial charge in [0.2, 0.25) is 5.88 Å². The monoisotopic (exact) mass is 526 g/mol. The molecule has 2 atom stereocenters. The van der Waals surface area contributed by atoms with E-state index >= 15 is 0 Å². The van der Waals surface area contributed by atoms with E-state index in [-0.39, 0.29) is 35.5 Å². The Bertz CT molecular complexity index is 1140. The van der Waals surface area contributed by atoms with Crippen LogP contribution in [0.2, 0.25) is 0 Å². The number of hydrogen-bond donors (Lipinski definition) is 1. The summed E-state index contributed by atoms with van der Waals surface area (Å²) in [7, 11) is 0. The number of morpholine rings is 1. The summed E-state index contributed by atoms with van der Waals surface area (Å²) in [6, 6.07) is 5.15. The van der Waals surface area contributed by atoms with Gasteiger partial charge >= 0.3 is 6.09 Å². The minimum atomic E-state index is -0.291. The van der Waals surface area contributed by atoms with Crippen molar-refractivity contribution in [2.45, 2.75) is 84.4 Å². The molecule has 2 bridgehead atoms. The number of anilines is 2. The van der Waals surface area contributed by atoms with E-state index in [1.807, 2.05) is 38.7 Å². The molecule has 2 aliphatic heterocycles. The van der Waals surface area contributed by atoms with Crippen molar-refractivity contribution in [2.24, 2.45) is 11.3 Å². The first-order chi connectivity index (χ1) is 18.2. The van der Waals surface area contributed by atoms with E-state index in [4.69, 9.17) is 14.2 Å². The minimum absolute atomic E-state index is 0.0972. The highest BCUT2D eigenvalue weighted by Crippen LogP contribution is 2.34. The highest BCUT2D eigenvalue weighted by molar-refractivity contribution is 5.69. The number of nitrogens with one attached hydrogen (secondary N) is 1. The molecule has 3 aliphatic rings. The van der Waals surface area contributed by atoms with Crippen LogP contribution in [0.5, 0.6) is 5.88 Å². The molecule has 3 heterocycles. The van der Waals surface area contributed by atoms with Gasteiger partial charge in [0.05, 0.1) is 43.2 Å². The molecule has 3 fully saturated rings. The first-order valence-electron chi connectivity index (χ1n) is 13.7. The van der Waals surface area contributed by atoms with Gasteiger partial charge in [-0.05, 0) is 42.4 Å². The maximum atomic E-state index is 14.9. The van der Waals surface area contributed by atoms with Gasteiger partial charge in [-0.2, -0.15) is 0 Å². The Morgan fingerprint density at radius 2 is 1.92 bits per heavy atom. The van der Waals surface area contributed by atoms with Crippen LogP contribution in [0.3, 0.4) is 0 Å². The average molecular weight is 527 g/mol. The van der Waals surface area contributed by atoms with Crippen molar-refractivity contribution in [1.29, 1.82) is 0 Å². The van der Waals surface area contributed by atoms with Crippen molar-refractivity contribution in [1.82, 2.24) is 14.9 Å². The molecule has 2 aromatic rings. The number of piperidine rings is 1. The van der Waals surface area contributed by atoms with Crippen LogP contribution in [-0.2, 0) is 15.9 Å². The molecule has 8 nitrogen and oxygen atoms in total. The normalized spacial score (nSPS) is 23.5. The fourth-order valence-corrected chi connectivity index (χ4v) is 5.39. The molecule has 9 heteroatoms. The van der Waals surface area contributed by atoms with Crippen LogP contribution in [0.25, 0.3) is 0 Å². The van der Waals surface area contributed by atoms with Gasteiger partial charge in [-0.25, -0.2) is 19.2 Å². The van der Waals surface area contributed by atoms with Gasteiger partial charge in [-0.1, -0.05) is 46.1 Å². The number of aromatic nitrogens is 2. The predicted molar refractivity (Wildman–Crippen MR) is 142 cm³/mol. The van der Waals surface area contributed by atoms with Crippen LogP contribution >= 0.6 is 0 Å². The molecule has 1 saturated carbocycles. The Kier molecular flexibility index (Phi) is 7.75. The van der Waals surface area contributed by atoms with Crippen molar-refractivity contribution in [2.75, 3.05) is 25.1 Å². The van der Waals surface area contributed by atoms with Crippen LogP contribution in [0.4, 0.5) is 20.7 Å². The van der Waals surface area contributed by atoms with Crippen LogP contribution in [-0.4, -0.2) is 59.0 Å². The van der Waals surface area contributed by atoms with Gasteiger partial charge in [0.25, 0.3) is 0 Å². The van der Waals surface area contributed by atoms with Crippen molar-refractivity contribution in [3.8, 4) is 5.88 Å². The molecule has 1 aromatic carbocycles. The fourth-order valence-electron chi connectivity index (χ4n) is 5.39. The molecule has 2 saturated heterocycles. The number of ether oxygens (including phenoxy) is 3. The third-order valence-electron chi connectivity index (χ3n) is 7.67. The molecular weight excluding hydrogens is 487 g/mol. The number of amides is 1. The highest BCUT2D eigenvalue weighted by Gasteiger charge is 2.43. The van der Waals surface area contributed by atoms with Crippen LogP contribution in [0.15, 0.2) is 24.5 Å². The van der Waals surface area contributed by atoms with Gasteiger partial charge in [0.15, 0.2) is 0 Å². The van der Waals surface area contributed by atoms with Gasteiger partial charge in [0, 0.05) is 12.8 Å². The second-order valence-electron chi connectivity index (χ2n) is 12.2. The molecule has 0 spiro atoms. The number of nitrogens with zero attached hydrogens (tertiary/aromatic N) is 3. The molecule has 1 amide bonds. The Morgan fingerprint density at radius 1 is 1.18 bits per heavy atom. The van der Waals surface area contributed by atoms with Gasteiger partial charge in [-0.15, -0.1) is 0 Å². The van der Waals surface area contributed by atoms with E-state index < -0.39 is 0 Å². The third kappa shape index (κ3) is 6.20. The highest BCUT2D eigenvalue weighted by atomic mass is 19.1. The second kappa shape index (κ2) is 11.0. The quantitative estimate of drug-likeness (QED) is 0.488. The summed E-state index contributed by atoms with van der Waals surface area (Å²) >= 11 is 0. The lowest BCUT2D eigenvalue weighted by atomic mass is 9.81. The number of halogens is 1. The molecule has 2 unspecified atom stereocenters. The van der Waals surface area contributed by atoms with Gasteiger partial charge in [-0.3, -0.25) is 4.90 Å². The van der Waals surface area contributed by atoms with Crippen LogP contribution in [0, 0.1) is 24.1 Å². The lowest BCUT2D eigenvalue weighted by Gasteiger charge is -2.47. The smallest absolute Gasteiger partial charge is 0.410 e. The summed E-state index contributed by atoms with van der Waals surface area (Å²) in [6.07, 6.45) is 6.92. The number of rotatable bonds is 7. The number of fused-ring (bicyclic) bond motifs is 2. The average Bonchev–Trinajstić information content (AvgIpc) is 2.83. The predicted octanol–water partition coefficient (Wildman–Crippen LogP) is 5.80. The zero-order valence-electron chi connectivity index (χ0n) is 22.8. The topological polar surface area (TPSA) is 85.8 Å². The zero-order valence-corrected chi connectivity index (χ0v) is 22.8. The molecular formula is C29H39FN4O4. The number of carbonyl (C=O) groups excluding carboxylic acids is 1. The first-order valence-corrected chi connectivity index (χ1v) is 13.7. The number of benzene rings is 1. The molecule has 1 aromatic heterocycles. The summed E-state index contributed by atoms with van der Waals surface area (Å²) in [5.74, 6) is 1.36. The summed E-state index contributed by atoms with van der Waals surface area (Å²) in [4.78, 5) is 23.4. The number of hydrogen-bond acceptors (Lipinski definition) is 7. The lowest BCUT2D eigenvalue weighted by Crippen LogP contribution is -2.61. The first kappa shape index (κ1) is 26.7. The van der Waals surface area contributed by atoms with Crippen molar-refractivity contribution in [3.05, 3.63) is 41.5 Å². The molecule has 0 radical (unpaired) electrons. The lowest BCUT2D eigenvalue weighted by molar-refractivity contribution is -0.0928. The van der Waals surface area contributed by atoms with Crippen LogP contribution in [0.1, 0.15) is 64.0 Å². The Balaban J connectivity index is 1.23. The van der Waals surface area contributed by atoms with Crippen molar-refractivity contribution < 1.29 is 23.4 Å². The maximum Gasteiger partial charge on any atom is 0.410 e. The van der Waals surface area contributed by atoms with E-state index in [0.717, 1.165) is 12.0 Å². The van der Waals surface area contributed by atoms with E-state index in [1.165, 1.54) is 25.6 Å². The van der Waals surface area contributed by atoms with E-state index in [9.17, 15) is 9.18 Å². The third-order valence-corrected chi connectivity index (χ3v) is 7.67. The maximum absolute atomic E-state index is 14.9. The molecule has 1 N–H and O–H groups in total. The van der Waals surface area contributed by atoms with Gasteiger partial charge in [0.1, 0.15) is 24.1 Å². The fraction of sp³-hybridized carbons (Fsp3) is 0.621. The Labute approximate surface area is 224 Å². The Morgan fingerprint density at radius 3 is 2.55 bits per heavy atom. The second-order valence-corrected chi connectivity index (χ2v) is 12.2. The molecule has 206 valence electrons. The van der Waals surface area contributed by atoms with Crippen LogP contribution < -0.4 is 10.1 Å². The zero-order chi connectivity index (χ0) is 26.9. The molecule has 1 aliphatic carbocycles. The molecule has 5 rings (SSSR count). The number of carbonyl (C=O) groups is 1. The minimum Gasteiger partial charge on any atom is -0.474 e. The van der Waals surface area contributed by atoms with Crippen molar-refractivity contribution in [3.63, 3.8) is 0 Å². The van der Waals surface area contributed by atoms with E-state index in [2.05, 4.69) is 15.3 Å². The van der Waals surface area contributed by atoms with Crippen molar-refractivity contribution >= 4 is 17.6 Å². The van der Waals surface area contributed by atoms with E-state index in [1.54, 1.807) is 12.1 Å². The summed E-state index contributed by atoms with van der Waals surface area (Å²) in [5.41, 5.74) is 2.02. The van der Waals surface area contributed by atoms with Gasteiger partial charge < -0.3 is 19.5 Å². The molecule has 38 heavy (non-hydrogen) atoms. The largest absolute Gasteiger partial charge is 0.474 e.